The van der Waals surface area contributed by atoms with Gasteiger partial charge in [-0.3, -0.25) is 0 Å². The van der Waals surface area contributed by atoms with Crippen LogP contribution in [0.1, 0.15) is 32.6 Å². The van der Waals surface area contributed by atoms with Crippen LogP contribution in [-0.4, -0.2) is 5.97 Å². The quantitative estimate of drug-likeness (QED) is 0.642. The smallest absolute Gasteiger partial charge is 0.0451 e. The number of carboxylic acids is 1. The molecule has 4 aliphatic rings. The van der Waals surface area contributed by atoms with Crippen molar-refractivity contribution in [3.05, 3.63) is 0 Å². The molecule has 0 aromatic carbocycles. The first-order chi connectivity index (χ1) is 7.16. The Labute approximate surface area is 90.1 Å². The molecule has 2 nitrogen and oxygen atoms in total. The maximum atomic E-state index is 11.0. The summed E-state index contributed by atoms with van der Waals surface area (Å²) in [5.41, 5.74) is 0.212. The lowest BCUT2D eigenvalue weighted by Crippen LogP contribution is -2.52. The van der Waals surface area contributed by atoms with Crippen molar-refractivity contribution in [1.29, 1.82) is 0 Å². The van der Waals surface area contributed by atoms with E-state index >= 15 is 0 Å². The summed E-state index contributed by atoms with van der Waals surface area (Å²) in [5.74, 6) is 3.28. The Morgan fingerprint density at radius 3 is 2.73 bits per heavy atom. The molecule has 4 saturated carbocycles. The number of aliphatic carboxylic acids is 1. The second-order valence-electron chi connectivity index (χ2n) is 6.41. The molecule has 0 unspecified atom stereocenters. The molecule has 0 aromatic heterocycles. The topological polar surface area (TPSA) is 40.1 Å². The second-order valence-corrected chi connectivity index (χ2v) is 6.41. The van der Waals surface area contributed by atoms with Crippen molar-refractivity contribution in [3.8, 4) is 0 Å². The second kappa shape index (κ2) is 2.26. The Bertz CT molecular complexity index is 350. The number of carbonyl (C=O) groups is 1. The fourth-order valence-corrected chi connectivity index (χ4v) is 5.86. The lowest BCUT2D eigenvalue weighted by Gasteiger charge is -2.55. The fourth-order valence-electron chi connectivity index (χ4n) is 5.86. The predicted octanol–water partition coefficient (Wildman–Crippen LogP) is 1.05. The van der Waals surface area contributed by atoms with E-state index in [0.29, 0.717) is 5.92 Å². The molecule has 82 valence electrons. The van der Waals surface area contributed by atoms with Crippen LogP contribution in [0, 0.1) is 40.9 Å². The minimum absolute atomic E-state index is 0.0897. The summed E-state index contributed by atoms with van der Waals surface area (Å²) in [5, 5.41) is 11.0. The molecule has 4 aliphatic carbocycles. The molecule has 7 atom stereocenters. The Kier molecular flexibility index (Phi) is 1.29. The van der Waals surface area contributed by atoms with Gasteiger partial charge in [0, 0.05) is 11.9 Å². The third-order valence-electron chi connectivity index (χ3n) is 6.36. The zero-order chi connectivity index (χ0) is 10.4. The van der Waals surface area contributed by atoms with Gasteiger partial charge in [0.1, 0.15) is 0 Å². The molecular weight excluding hydrogens is 188 g/mol. The third-order valence-corrected chi connectivity index (χ3v) is 6.36. The summed E-state index contributed by atoms with van der Waals surface area (Å²) in [6.45, 7) is 2.30. The van der Waals surface area contributed by atoms with Crippen LogP contribution in [0.3, 0.4) is 0 Å². The van der Waals surface area contributed by atoms with E-state index in [4.69, 9.17) is 0 Å². The molecule has 0 radical (unpaired) electrons. The van der Waals surface area contributed by atoms with E-state index in [0.717, 1.165) is 30.1 Å². The molecule has 0 amide bonds. The minimum atomic E-state index is -0.775. The van der Waals surface area contributed by atoms with Crippen LogP contribution >= 0.6 is 0 Å². The van der Waals surface area contributed by atoms with Gasteiger partial charge in [-0.1, -0.05) is 6.92 Å². The first-order valence-electron chi connectivity index (χ1n) is 6.37. The standard InChI is InChI=1S/C13H18O2/c1-6-10-7-2-3-8(4-7)11(10)13(6)5-9(13)12(14)15/h6-11H,2-5H2,1H3,(H,14,15)/p-1/t6-,7-,8+,9-,10-,11+,13+/m1/s1. The van der Waals surface area contributed by atoms with Crippen molar-refractivity contribution < 1.29 is 9.90 Å². The Balaban J connectivity index is 1.67. The van der Waals surface area contributed by atoms with Gasteiger partial charge in [0.2, 0.25) is 0 Å². The molecule has 2 heteroatoms. The van der Waals surface area contributed by atoms with Gasteiger partial charge in [-0.25, -0.2) is 0 Å². The lowest BCUT2D eigenvalue weighted by molar-refractivity contribution is -0.310. The highest BCUT2D eigenvalue weighted by molar-refractivity contribution is 5.73. The molecule has 0 aliphatic heterocycles. The molecule has 1 spiro atoms. The van der Waals surface area contributed by atoms with Gasteiger partial charge in [0.05, 0.1) is 0 Å². The number of hydrogen-bond donors (Lipinski definition) is 0. The molecule has 0 heterocycles. The summed E-state index contributed by atoms with van der Waals surface area (Å²) in [4.78, 5) is 11.0. The van der Waals surface area contributed by atoms with Crippen LogP contribution in [0.4, 0.5) is 0 Å². The highest BCUT2D eigenvalue weighted by Gasteiger charge is 2.77. The molecule has 4 rings (SSSR count). The van der Waals surface area contributed by atoms with E-state index in [9.17, 15) is 9.90 Å². The largest absolute Gasteiger partial charge is 0.550 e. The molecule has 4 fully saturated rings. The van der Waals surface area contributed by atoms with Crippen molar-refractivity contribution in [2.45, 2.75) is 32.6 Å². The molecule has 0 saturated heterocycles. The highest BCUT2D eigenvalue weighted by atomic mass is 16.4. The van der Waals surface area contributed by atoms with Gasteiger partial charge in [0.15, 0.2) is 0 Å². The van der Waals surface area contributed by atoms with E-state index < -0.39 is 5.97 Å². The van der Waals surface area contributed by atoms with Crippen molar-refractivity contribution >= 4 is 5.97 Å². The summed E-state index contributed by atoms with van der Waals surface area (Å²) < 4.78 is 0. The third kappa shape index (κ3) is 0.724. The summed E-state index contributed by atoms with van der Waals surface area (Å²) in [6.07, 6.45) is 5.13. The summed E-state index contributed by atoms with van der Waals surface area (Å²) in [7, 11) is 0. The van der Waals surface area contributed by atoms with Crippen LogP contribution in [0.2, 0.25) is 0 Å². The first-order valence-corrected chi connectivity index (χ1v) is 6.37. The average Bonchev–Trinajstić information content (AvgIpc) is 2.75. The molecule has 0 N–H and O–H groups in total. The highest BCUT2D eigenvalue weighted by Crippen LogP contribution is 2.81. The SMILES string of the molecule is C[C@@H]1[C@@H]2[C@@H]3CC[C@@H](C3)[C@@H]2[C@@]12C[C@@H]2C(=O)[O-]. The zero-order valence-electron chi connectivity index (χ0n) is 9.11. The first kappa shape index (κ1) is 8.60. The zero-order valence-corrected chi connectivity index (χ0v) is 9.11. The van der Waals surface area contributed by atoms with Crippen LogP contribution < -0.4 is 5.11 Å². The summed E-state index contributed by atoms with van der Waals surface area (Å²) in [6, 6.07) is 0. The average molecular weight is 205 g/mol. The normalized spacial score (nSPS) is 64.1. The van der Waals surface area contributed by atoms with Gasteiger partial charge >= 0.3 is 0 Å². The molecule has 15 heavy (non-hydrogen) atoms. The van der Waals surface area contributed by atoms with Crippen LogP contribution in [0.5, 0.6) is 0 Å². The maximum Gasteiger partial charge on any atom is 0.0451 e. The van der Waals surface area contributed by atoms with Gasteiger partial charge in [-0.15, -0.1) is 0 Å². The van der Waals surface area contributed by atoms with Gasteiger partial charge in [-0.2, -0.15) is 0 Å². The number of fused-ring (bicyclic) bond motifs is 6. The molecule has 0 aromatic rings. The van der Waals surface area contributed by atoms with E-state index in [1.54, 1.807) is 0 Å². The Morgan fingerprint density at radius 1 is 1.33 bits per heavy atom. The van der Waals surface area contributed by atoms with Crippen molar-refractivity contribution in [3.63, 3.8) is 0 Å². The number of carboxylic acid groups (broad SMARTS) is 1. The van der Waals surface area contributed by atoms with Gasteiger partial charge in [0.25, 0.3) is 0 Å². The number of hydrogen-bond acceptors (Lipinski definition) is 2. The Hall–Kier alpha value is -0.530. The van der Waals surface area contributed by atoms with Crippen LogP contribution in [0.25, 0.3) is 0 Å². The lowest BCUT2D eigenvalue weighted by atomic mass is 9.49. The predicted molar refractivity (Wildman–Crippen MR) is 52.5 cm³/mol. The maximum absolute atomic E-state index is 11.0. The monoisotopic (exact) mass is 205 g/mol. The van der Waals surface area contributed by atoms with E-state index in [1.807, 2.05) is 0 Å². The van der Waals surface area contributed by atoms with Gasteiger partial charge in [-0.05, 0) is 60.7 Å². The number of rotatable bonds is 1. The van der Waals surface area contributed by atoms with E-state index in [2.05, 4.69) is 6.92 Å². The number of carbonyl (C=O) groups excluding carboxylic acids is 1. The van der Waals surface area contributed by atoms with Crippen LogP contribution in [-0.2, 0) is 4.79 Å². The van der Waals surface area contributed by atoms with Crippen molar-refractivity contribution in [2.75, 3.05) is 0 Å². The Morgan fingerprint density at radius 2 is 2.07 bits per heavy atom. The molecule has 2 bridgehead atoms. The van der Waals surface area contributed by atoms with E-state index in [-0.39, 0.29) is 11.3 Å². The van der Waals surface area contributed by atoms with Crippen LogP contribution in [0.15, 0.2) is 0 Å². The van der Waals surface area contributed by atoms with E-state index in [1.165, 1.54) is 19.3 Å². The van der Waals surface area contributed by atoms with Gasteiger partial charge < -0.3 is 9.90 Å². The molecular formula is C13H17O2-. The van der Waals surface area contributed by atoms with Crippen molar-refractivity contribution in [2.24, 2.45) is 40.9 Å². The summed E-state index contributed by atoms with van der Waals surface area (Å²) >= 11 is 0. The fraction of sp³-hybridized carbons (Fsp3) is 0.923. The minimum Gasteiger partial charge on any atom is -0.550 e. The van der Waals surface area contributed by atoms with Crippen molar-refractivity contribution in [1.82, 2.24) is 0 Å².